The standard InChI is InChI=1S/C30H37ClN6O4S/c1-17(2)42(39,40)25-8-6-5-7-23(25)34-29-22(31)16-33-30(36-29)35-24-13-18(3)27(21-14-19(4)41-28(21)24)20-9-11-37(12-10-20)26(38)15-32/h5-8,13,16-17,19-20H,9-12,14-15,32H2,1-4H3,(H2,33,34,35,36)/t19-/m0/s1. The maximum atomic E-state index is 13.0. The van der Waals surface area contributed by atoms with Gasteiger partial charge in [0.2, 0.25) is 11.9 Å². The van der Waals surface area contributed by atoms with E-state index in [2.05, 4.69) is 40.5 Å². The minimum atomic E-state index is -3.54. The number of benzene rings is 2. The molecule has 1 amide bonds. The fourth-order valence-electron chi connectivity index (χ4n) is 5.79. The van der Waals surface area contributed by atoms with Crippen LogP contribution in [0.4, 0.5) is 23.1 Å². The van der Waals surface area contributed by atoms with Crippen LogP contribution in [-0.2, 0) is 21.1 Å². The number of hydrogen-bond donors (Lipinski definition) is 3. The van der Waals surface area contributed by atoms with Gasteiger partial charge in [-0.05, 0) is 75.8 Å². The van der Waals surface area contributed by atoms with E-state index < -0.39 is 15.1 Å². The summed E-state index contributed by atoms with van der Waals surface area (Å²) in [4.78, 5) is 23.1. The Hall–Kier alpha value is -3.41. The molecule has 0 radical (unpaired) electrons. The third-order valence-corrected chi connectivity index (χ3v) is 10.4. The Morgan fingerprint density at radius 2 is 1.90 bits per heavy atom. The van der Waals surface area contributed by atoms with Crippen molar-refractivity contribution in [2.24, 2.45) is 5.73 Å². The van der Waals surface area contributed by atoms with Crippen LogP contribution in [0.2, 0.25) is 5.02 Å². The zero-order chi connectivity index (χ0) is 30.2. The van der Waals surface area contributed by atoms with Crippen LogP contribution in [0.3, 0.4) is 0 Å². The normalized spacial score (nSPS) is 17.2. The number of carbonyl (C=O) groups excluding carboxylic acids is 1. The molecule has 2 aliphatic heterocycles. The molecule has 42 heavy (non-hydrogen) atoms. The first-order chi connectivity index (χ1) is 20.0. The van der Waals surface area contributed by atoms with Gasteiger partial charge < -0.3 is 26.0 Å². The van der Waals surface area contributed by atoms with Crippen LogP contribution >= 0.6 is 11.6 Å². The molecular formula is C30H37ClN6O4S. The Morgan fingerprint density at radius 3 is 2.60 bits per heavy atom. The number of para-hydroxylation sites is 1. The molecule has 10 nitrogen and oxygen atoms in total. The maximum absolute atomic E-state index is 13.0. The summed E-state index contributed by atoms with van der Waals surface area (Å²) in [6.45, 7) is 8.87. The third kappa shape index (κ3) is 5.91. The highest BCUT2D eigenvalue weighted by atomic mass is 35.5. The number of likely N-dealkylation sites (tertiary alicyclic amines) is 1. The van der Waals surface area contributed by atoms with E-state index >= 15 is 0 Å². The number of nitrogens with zero attached hydrogens (tertiary/aromatic N) is 3. The number of nitrogens with two attached hydrogens (primary N) is 1. The van der Waals surface area contributed by atoms with E-state index in [0.29, 0.717) is 24.7 Å². The van der Waals surface area contributed by atoms with Gasteiger partial charge in [0.1, 0.15) is 16.9 Å². The Bertz CT molecular complexity index is 1610. The first-order valence-corrected chi connectivity index (χ1v) is 16.1. The summed E-state index contributed by atoms with van der Waals surface area (Å²) in [5, 5.41) is 6.07. The lowest BCUT2D eigenvalue weighted by molar-refractivity contribution is -0.130. The van der Waals surface area contributed by atoms with Crippen molar-refractivity contribution in [1.29, 1.82) is 0 Å². The first-order valence-electron chi connectivity index (χ1n) is 14.2. The molecule has 224 valence electrons. The molecule has 1 fully saturated rings. The largest absolute Gasteiger partial charge is 0.488 e. The van der Waals surface area contributed by atoms with Gasteiger partial charge in [0.15, 0.2) is 15.7 Å². The minimum absolute atomic E-state index is 0.00578. The summed E-state index contributed by atoms with van der Waals surface area (Å²) < 4.78 is 32.2. The van der Waals surface area contributed by atoms with Crippen LogP contribution in [0.25, 0.3) is 0 Å². The maximum Gasteiger partial charge on any atom is 0.236 e. The van der Waals surface area contributed by atoms with Gasteiger partial charge in [-0.25, -0.2) is 13.4 Å². The fraction of sp³-hybridized carbons (Fsp3) is 0.433. The highest BCUT2D eigenvalue weighted by Gasteiger charge is 2.32. The second-order valence-corrected chi connectivity index (χ2v) is 14.1. The molecule has 1 atom stereocenters. The van der Waals surface area contributed by atoms with Crippen LogP contribution in [0.1, 0.15) is 56.2 Å². The molecule has 2 aromatic carbocycles. The molecule has 4 N–H and O–H groups in total. The fourth-order valence-corrected chi connectivity index (χ4v) is 7.13. The number of aromatic nitrogens is 2. The number of halogens is 1. The Morgan fingerprint density at radius 1 is 1.19 bits per heavy atom. The second-order valence-electron chi connectivity index (χ2n) is 11.2. The van der Waals surface area contributed by atoms with Crippen molar-refractivity contribution in [3.8, 4) is 5.75 Å². The van der Waals surface area contributed by atoms with Gasteiger partial charge in [0.25, 0.3) is 0 Å². The highest BCUT2D eigenvalue weighted by molar-refractivity contribution is 7.92. The zero-order valence-corrected chi connectivity index (χ0v) is 25.8. The monoisotopic (exact) mass is 612 g/mol. The van der Waals surface area contributed by atoms with E-state index in [0.717, 1.165) is 36.3 Å². The smallest absolute Gasteiger partial charge is 0.236 e. The predicted octanol–water partition coefficient (Wildman–Crippen LogP) is 5.10. The van der Waals surface area contributed by atoms with Crippen molar-refractivity contribution in [2.75, 3.05) is 30.3 Å². The predicted molar refractivity (Wildman–Crippen MR) is 165 cm³/mol. The number of piperidine rings is 1. The van der Waals surface area contributed by atoms with Crippen molar-refractivity contribution in [2.45, 2.75) is 69.1 Å². The van der Waals surface area contributed by atoms with E-state index in [4.69, 9.17) is 22.1 Å². The van der Waals surface area contributed by atoms with E-state index in [1.165, 1.54) is 17.3 Å². The van der Waals surface area contributed by atoms with Crippen LogP contribution in [0.5, 0.6) is 5.75 Å². The first kappa shape index (κ1) is 30.1. The molecule has 0 spiro atoms. The number of fused-ring (bicyclic) bond motifs is 1. The van der Waals surface area contributed by atoms with Crippen LogP contribution in [0, 0.1) is 6.92 Å². The van der Waals surface area contributed by atoms with E-state index in [1.807, 2.05) is 4.90 Å². The molecular weight excluding hydrogens is 576 g/mol. The molecule has 5 rings (SSSR count). The molecule has 2 aliphatic rings. The van der Waals surface area contributed by atoms with Gasteiger partial charge in [-0.1, -0.05) is 23.7 Å². The molecule has 0 aliphatic carbocycles. The number of ether oxygens (including phenoxy) is 1. The molecule has 0 saturated carbocycles. The summed E-state index contributed by atoms with van der Waals surface area (Å²) in [6.07, 6.45) is 4.04. The lowest BCUT2D eigenvalue weighted by Crippen LogP contribution is -2.41. The quantitative estimate of drug-likeness (QED) is 0.317. The van der Waals surface area contributed by atoms with E-state index in [1.54, 1.807) is 38.1 Å². The van der Waals surface area contributed by atoms with Gasteiger partial charge in [-0.15, -0.1) is 0 Å². The summed E-state index contributed by atoms with van der Waals surface area (Å²) in [6, 6.07) is 8.74. The van der Waals surface area contributed by atoms with Crippen molar-refractivity contribution in [1.82, 2.24) is 14.9 Å². The lowest BCUT2D eigenvalue weighted by atomic mass is 9.82. The van der Waals surface area contributed by atoms with Crippen molar-refractivity contribution in [3.05, 3.63) is 58.2 Å². The Kier molecular flexibility index (Phi) is 8.63. The van der Waals surface area contributed by atoms with Gasteiger partial charge in [0.05, 0.1) is 34.3 Å². The Labute approximate surface area is 251 Å². The van der Waals surface area contributed by atoms with Gasteiger partial charge in [0, 0.05) is 25.1 Å². The van der Waals surface area contributed by atoms with E-state index in [-0.39, 0.29) is 40.2 Å². The lowest BCUT2D eigenvalue weighted by Gasteiger charge is -2.33. The highest BCUT2D eigenvalue weighted by Crippen LogP contribution is 2.46. The molecule has 0 unspecified atom stereocenters. The number of rotatable bonds is 8. The Balaban J connectivity index is 1.43. The van der Waals surface area contributed by atoms with Crippen LogP contribution in [0.15, 0.2) is 41.4 Å². The van der Waals surface area contributed by atoms with Gasteiger partial charge in [-0.3, -0.25) is 4.79 Å². The van der Waals surface area contributed by atoms with Crippen LogP contribution < -0.4 is 21.1 Å². The SMILES string of the molecule is Cc1cc(Nc2ncc(Cl)c(Nc3ccccc3S(=O)(=O)C(C)C)n2)c2c(c1C1CCN(C(=O)CN)CC1)C[C@H](C)O2. The molecule has 3 aromatic rings. The zero-order valence-electron chi connectivity index (χ0n) is 24.3. The molecule has 12 heteroatoms. The number of hydrogen-bond acceptors (Lipinski definition) is 9. The summed E-state index contributed by atoms with van der Waals surface area (Å²) >= 11 is 6.44. The summed E-state index contributed by atoms with van der Waals surface area (Å²) in [7, 11) is -3.54. The van der Waals surface area contributed by atoms with Crippen molar-refractivity contribution in [3.63, 3.8) is 0 Å². The van der Waals surface area contributed by atoms with Crippen molar-refractivity contribution < 1.29 is 17.9 Å². The van der Waals surface area contributed by atoms with Crippen molar-refractivity contribution >= 4 is 50.5 Å². The average molecular weight is 613 g/mol. The number of aryl methyl sites for hydroxylation is 1. The average Bonchev–Trinajstić information content (AvgIpc) is 3.36. The minimum Gasteiger partial charge on any atom is -0.488 e. The molecule has 1 saturated heterocycles. The number of sulfone groups is 1. The molecule has 0 bridgehead atoms. The van der Waals surface area contributed by atoms with Gasteiger partial charge in [-0.2, -0.15) is 4.98 Å². The molecule has 3 heterocycles. The summed E-state index contributed by atoms with van der Waals surface area (Å²) in [5.41, 5.74) is 10.3. The van der Waals surface area contributed by atoms with E-state index in [9.17, 15) is 13.2 Å². The van der Waals surface area contributed by atoms with Crippen LogP contribution in [-0.4, -0.2) is 60.2 Å². The molecule has 1 aromatic heterocycles. The number of anilines is 4. The second kappa shape index (κ2) is 12.1. The number of carbonyl (C=O) groups is 1. The third-order valence-electron chi connectivity index (χ3n) is 7.93. The summed E-state index contributed by atoms with van der Waals surface area (Å²) in [5.74, 6) is 1.67. The number of amides is 1. The number of nitrogens with one attached hydrogen (secondary N) is 2. The topological polar surface area (TPSA) is 140 Å². The van der Waals surface area contributed by atoms with Gasteiger partial charge >= 0.3 is 0 Å².